The van der Waals surface area contributed by atoms with Crippen LogP contribution in [-0.2, 0) is 0 Å². The van der Waals surface area contributed by atoms with Crippen molar-refractivity contribution in [2.24, 2.45) is 11.8 Å². The lowest BCUT2D eigenvalue weighted by molar-refractivity contribution is 0.122. The maximum atomic E-state index is 9.59. The molecule has 1 aliphatic rings. The summed E-state index contributed by atoms with van der Waals surface area (Å²) in [5, 5.41) is 9.59. The summed E-state index contributed by atoms with van der Waals surface area (Å²) in [6, 6.07) is 0. The molecule has 1 saturated carbocycles. The third kappa shape index (κ3) is 3.57. The van der Waals surface area contributed by atoms with Gasteiger partial charge >= 0.3 is 0 Å². The van der Waals surface area contributed by atoms with Gasteiger partial charge in [0.25, 0.3) is 0 Å². The summed E-state index contributed by atoms with van der Waals surface area (Å²) < 4.78 is 0. The van der Waals surface area contributed by atoms with Gasteiger partial charge < -0.3 is 5.11 Å². The summed E-state index contributed by atoms with van der Waals surface area (Å²) >= 11 is 0. The van der Waals surface area contributed by atoms with E-state index in [-0.39, 0.29) is 6.10 Å². The summed E-state index contributed by atoms with van der Waals surface area (Å²) in [6.07, 6.45) is 7.47. The molecular weight excluding hydrogens is 148 g/mol. The second-order valence-corrected chi connectivity index (χ2v) is 4.66. The lowest BCUT2D eigenvalue weighted by atomic mass is 9.81. The van der Waals surface area contributed by atoms with Crippen LogP contribution in [0.1, 0.15) is 52.4 Å². The van der Waals surface area contributed by atoms with Crippen molar-refractivity contribution in [2.75, 3.05) is 0 Å². The van der Waals surface area contributed by atoms with Gasteiger partial charge in [-0.25, -0.2) is 0 Å². The fourth-order valence-corrected chi connectivity index (χ4v) is 1.87. The summed E-state index contributed by atoms with van der Waals surface area (Å²) in [7, 11) is 0. The van der Waals surface area contributed by atoms with Crippen molar-refractivity contribution in [1.82, 2.24) is 0 Å². The Hall–Kier alpha value is -0.0400. The van der Waals surface area contributed by atoms with Crippen LogP contribution in [0, 0.1) is 11.8 Å². The minimum Gasteiger partial charge on any atom is -0.393 e. The Morgan fingerprint density at radius 2 is 2.00 bits per heavy atom. The van der Waals surface area contributed by atoms with E-state index >= 15 is 0 Å². The Balaban J connectivity index is 1.97. The van der Waals surface area contributed by atoms with Crippen molar-refractivity contribution in [3.63, 3.8) is 0 Å². The predicted octanol–water partition coefficient (Wildman–Crippen LogP) is 2.97. The molecule has 12 heavy (non-hydrogen) atoms. The van der Waals surface area contributed by atoms with Crippen molar-refractivity contribution in [2.45, 2.75) is 58.5 Å². The highest BCUT2D eigenvalue weighted by Gasteiger charge is 2.18. The molecular formula is C11H22O. The van der Waals surface area contributed by atoms with E-state index in [4.69, 9.17) is 0 Å². The van der Waals surface area contributed by atoms with Crippen molar-refractivity contribution in [3.05, 3.63) is 0 Å². The molecule has 0 heterocycles. The molecule has 0 aromatic heterocycles. The molecule has 1 atom stereocenters. The molecule has 0 bridgehead atoms. The molecule has 72 valence electrons. The fourth-order valence-electron chi connectivity index (χ4n) is 1.87. The maximum absolute atomic E-state index is 9.59. The van der Waals surface area contributed by atoms with Gasteiger partial charge in [-0.05, 0) is 31.1 Å². The van der Waals surface area contributed by atoms with Crippen molar-refractivity contribution in [3.8, 4) is 0 Å². The molecule has 0 radical (unpaired) electrons. The molecule has 0 spiro atoms. The van der Waals surface area contributed by atoms with E-state index < -0.39 is 0 Å². The standard InChI is InChI=1S/C11H22O/c1-9(2)8-11(12)7-6-10-4-3-5-10/h9-12H,3-8H2,1-2H3. The molecule has 0 aliphatic heterocycles. The molecule has 1 fully saturated rings. The first kappa shape index (κ1) is 10.0. The average molecular weight is 170 g/mol. The van der Waals surface area contributed by atoms with E-state index in [1.807, 2.05) is 0 Å². The van der Waals surface area contributed by atoms with Crippen molar-refractivity contribution < 1.29 is 5.11 Å². The molecule has 0 amide bonds. The third-order valence-electron chi connectivity index (χ3n) is 2.88. The van der Waals surface area contributed by atoms with Gasteiger partial charge in [-0.3, -0.25) is 0 Å². The minimum absolute atomic E-state index is 0.0365. The first-order chi connectivity index (χ1) is 5.68. The second kappa shape index (κ2) is 4.86. The smallest absolute Gasteiger partial charge is 0.0542 e. The van der Waals surface area contributed by atoms with Crippen LogP contribution in [0.4, 0.5) is 0 Å². The van der Waals surface area contributed by atoms with Gasteiger partial charge in [0.1, 0.15) is 0 Å². The van der Waals surface area contributed by atoms with Crippen LogP contribution in [0.3, 0.4) is 0 Å². The number of aliphatic hydroxyl groups is 1. The van der Waals surface area contributed by atoms with E-state index in [1.165, 1.54) is 25.7 Å². The van der Waals surface area contributed by atoms with E-state index in [0.717, 1.165) is 18.8 Å². The maximum Gasteiger partial charge on any atom is 0.0542 e. The SMILES string of the molecule is CC(C)CC(O)CCC1CCC1. The molecule has 0 saturated heterocycles. The van der Waals surface area contributed by atoms with Gasteiger partial charge in [-0.1, -0.05) is 33.1 Å². The second-order valence-electron chi connectivity index (χ2n) is 4.66. The Kier molecular flexibility index (Phi) is 4.07. The van der Waals surface area contributed by atoms with Gasteiger partial charge in [0.05, 0.1) is 6.10 Å². The van der Waals surface area contributed by atoms with Crippen LogP contribution in [0.5, 0.6) is 0 Å². The highest BCUT2D eigenvalue weighted by molar-refractivity contribution is 4.71. The zero-order valence-electron chi connectivity index (χ0n) is 8.42. The van der Waals surface area contributed by atoms with Crippen LogP contribution < -0.4 is 0 Å². The molecule has 1 unspecified atom stereocenters. The van der Waals surface area contributed by atoms with Crippen LogP contribution in [0.15, 0.2) is 0 Å². The predicted molar refractivity (Wildman–Crippen MR) is 52.0 cm³/mol. The van der Waals surface area contributed by atoms with Gasteiger partial charge in [-0.2, -0.15) is 0 Å². The monoisotopic (exact) mass is 170 g/mol. The van der Waals surface area contributed by atoms with Gasteiger partial charge in [0.2, 0.25) is 0 Å². The summed E-state index contributed by atoms with van der Waals surface area (Å²) in [5.41, 5.74) is 0. The summed E-state index contributed by atoms with van der Waals surface area (Å²) in [6.45, 7) is 4.35. The summed E-state index contributed by atoms with van der Waals surface area (Å²) in [5.74, 6) is 1.59. The Bertz CT molecular complexity index is 116. The van der Waals surface area contributed by atoms with E-state index in [2.05, 4.69) is 13.8 Å². The third-order valence-corrected chi connectivity index (χ3v) is 2.88. The van der Waals surface area contributed by atoms with Crippen LogP contribution in [0.25, 0.3) is 0 Å². The van der Waals surface area contributed by atoms with Gasteiger partial charge in [-0.15, -0.1) is 0 Å². The highest BCUT2D eigenvalue weighted by Crippen LogP contribution is 2.31. The molecule has 1 rings (SSSR count). The molecule has 1 heteroatoms. The Morgan fingerprint density at radius 3 is 2.42 bits per heavy atom. The number of rotatable bonds is 5. The molecule has 1 nitrogen and oxygen atoms in total. The van der Waals surface area contributed by atoms with Gasteiger partial charge in [0, 0.05) is 0 Å². The lowest BCUT2D eigenvalue weighted by Crippen LogP contribution is -2.16. The first-order valence-electron chi connectivity index (χ1n) is 5.36. The van der Waals surface area contributed by atoms with Crippen molar-refractivity contribution in [1.29, 1.82) is 0 Å². The van der Waals surface area contributed by atoms with Crippen LogP contribution in [0.2, 0.25) is 0 Å². The first-order valence-corrected chi connectivity index (χ1v) is 5.36. The minimum atomic E-state index is -0.0365. The number of hydrogen-bond acceptors (Lipinski definition) is 1. The average Bonchev–Trinajstić information content (AvgIpc) is 1.81. The largest absolute Gasteiger partial charge is 0.393 e. The van der Waals surface area contributed by atoms with Gasteiger partial charge in [0.15, 0.2) is 0 Å². The zero-order chi connectivity index (χ0) is 8.97. The Morgan fingerprint density at radius 1 is 1.33 bits per heavy atom. The normalized spacial score (nSPS) is 21.0. The Labute approximate surface area is 76.2 Å². The van der Waals surface area contributed by atoms with E-state index in [1.54, 1.807) is 0 Å². The zero-order valence-corrected chi connectivity index (χ0v) is 8.42. The van der Waals surface area contributed by atoms with Crippen LogP contribution >= 0.6 is 0 Å². The van der Waals surface area contributed by atoms with Crippen LogP contribution in [-0.4, -0.2) is 11.2 Å². The molecule has 0 aromatic rings. The fraction of sp³-hybridized carbons (Fsp3) is 1.00. The molecule has 1 N–H and O–H groups in total. The van der Waals surface area contributed by atoms with E-state index in [9.17, 15) is 5.11 Å². The lowest BCUT2D eigenvalue weighted by Gasteiger charge is -2.26. The van der Waals surface area contributed by atoms with Crippen molar-refractivity contribution >= 4 is 0 Å². The molecule has 0 aromatic carbocycles. The molecule has 1 aliphatic carbocycles. The quantitative estimate of drug-likeness (QED) is 0.672. The highest BCUT2D eigenvalue weighted by atomic mass is 16.3. The number of hydrogen-bond donors (Lipinski definition) is 1. The van der Waals surface area contributed by atoms with E-state index in [0.29, 0.717) is 5.92 Å². The number of aliphatic hydroxyl groups excluding tert-OH is 1. The topological polar surface area (TPSA) is 20.2 Å². The summed E-state index contributed by atoms with van der Waals surface area (Å²) in [4.78, 5) is 0.